The largest absolute Gasteiger partial charge is 0.573 e. The van der Waals surface area contributed by atoms with Crippen LogP contribution in [-0.4, -0.2) is 19.7 Å². The van der Waals surface area contributed by atoms with Crippen LogP contribution in [0.15, 0.2) is 17.0 Å². The first kappa shape index (κ1) is 15.4. The molecule has 6 nitrogen and oxygen atoms in total. The Labute approximate surface area is 107 Å². The molecule has 1 rings (SSSR count). The van der Waals surface area contributed by atoms with Gasteiger partial charge in [-0.1, -0.05) is 0 Å². The number of nitrogens with zero attached hydrogens (tertiary/aromatic N) is 1. The molecule has 1 aromatic carbocycles. The van der Waals surface area contributed by atoms with Crippen LogP contribution in [0.3, 0.4) is 0 Å². The lowest BCUT2D eigenvalue weighted by atomic mass is 10.3. The predicted molar refractivity (Wildman–Crippen MR) is 52.8 cm³/mol. The molecule has 0 spiro atoms. The van der Waals surface area contributed by atoms with Crippen molar-refractivity contribution in [2.45, 2.75) is 11.3 Å². The molecular formula is C7H2ClF4NO5S. The molecule has 12 heteroatoms. The van der Waals surface area contributed by atoms with Crippen molar-refractivity contribution in [1.29, 1.82) is 0 Å². The maximum absolute atomic E-state index is 13.2. The molecule has 0 aromatic heterocycles. The second-order valence-corrected chi connectivity index (χ2v) is 5.53. The highest BCUT2D eigenvalue weighted by molar-refractivity contribution is 8.13. The Bertz CT molecular complexity index is 629. The smallest absolute Gasteiger partial charge is 0.398 e. The van der Waals surface area contributed by atoms with Crippen LogP contribution in [0, 0.1) is 15.9 Å². The highest BCUT2D eigenvalue weighted by Gasteiger charge is 2.36. The summed E-state index contributed by atoms with van der Waals surface area (Å²) in [5.41, 5.74) is -1.39. The van der Waals surface area contributed by atoms with Crippen molar-refractivity contribution in [3.8, 4) is 5.75 Å². The lowest BCUT2D eigenvalue weighted by Crippen LogP contribution is -2.18. The van der Waals surface area contributed by atoms with Crippen molar-refractivity contribution >= 4 is 25.4 Å². The molecular weight excluding hydrogens is 322 g/mol. The summed E-state index contributed by atoms with van der Waals surface area (Å²) in [5, 5.41) is 10.5. The van der Waals surface area contributed by atoms with E-state index in [1.807, 2.05) is 0 Å². The Morgan fingerprint density at radius 3 is 2.21 bits per heavy atom. The van der Waals surface area contributed by atoms with E-state index in [0.717, 1.165) is 0 Å². The normalized spacial score (nSPS) is 12.3. The lowest BCUT2D eigenvalue weighted by molar-refractivity contribution is -0.388. The van der Waals surface area contributed by atoms with E-state index in [0.29, 0.717) is 0 Å². The molecule has 0 N–H and O–H groups in total. The molecule has 0 amide bonds. The average molecular weight is 324 g/mol. The molecule has 0 heterocycles. The minimum absolute atomic E-state index is 0.0404. The van der Waals surface area contributed by atoms with E-state index in [9.17, 15) is 36.1 Å². The van der Waals surface area contributed by atoms with Crippen LogP contribution in [-0.2, 0) is 9.05 Å². The zero-order valence-corrected chi connectivity index (χ0v) is 10.0. The van der Waals surface area contributed by atoms with Gasteiger partial charge in [-0.25, -0.2) is 12.8 Å². The fraction of sp³-hybridized carbons (Fsp3) is 0.143. The van der Waals surface area contributed by atoms with Gasteiger partial charge in [0.05, 0.1) is 4.92 Å². The molecule has 0 unspecified atom stereocenters. The van der Waals surface area contributed by atoms with Gasteiger partial charge in [0.1, 0.15) is 10.7 Å². The summed E-state index contributed by atoms with van der Waals surface area (Å²) in [6.45, 7) is 0. The second kappa shape index (κ2) is 4.81. The number of rotatable bonds is 3. The quantitative estimate of drug-likeness (QED) is 0.369. The summed E-state index contributed by atoms with van der Waals surface area (Å²) < 4.78 is 74.0. The van der Waals surface area contributed by atoms with Gasteiger partial charge in [-0.2, -0.15) is 0 Å². The minimum Gasteiger partial charge on any atom is -0.398 e. The maximum atomic E-state index is 13.2. The van der Waals surface area contributed by atoms with Crippen LogP contribution in [0.5, 0.6) is 5.75 Å². The van der Waals surface area contributed by atoms with E-state index in [2.05, 4.69) is 4.74 Å². The third-order valence-electron chi connectivity index (χ3n) is 1.70. The van der Waals surface area contributed by atoms with E-state index >= 15 is 0 Å². The van der Waals surface area contributed by atoms with E-state index in [4.69, 9.17) is 10.7 Å². The Kier molecular flexibility index (Phi) is 3.91. The van der Waals surface area contributed by atoms with E-state index in [1.54, 1.807) is 0 Å². The Hall–Kier alpha value is -1.62. The lowest BCUT2D eigenvalue weighted by Gasteiger charge is -2.10. The van der Waals surface area contributed by atoms with Gasteiger partial charge < -0.3 is 4.74 Å². The second-order valence-electron chi connectivity index (χ2n) is 2.99. The summed E-state index contributed by atoms with van der Waals surface area (Å²) >= 11 is 0. The minimum atomic E-state index is -5.31. The van der Waals surface area contributed by atoms with Crippen LogP contribution in [0.25, 0.3) is 0 Å². The van der Waals surface area contributed by atoms with E-state index < -0.39 is 42.5 Å². The molecule has 0 radical (unpaired) electrons. The Morgan fingerprint density at radius 2 is 1.84 bits per heavy atom. The van der Waals surface area contributed by atoms with Gasteiger partial charge in [-0.15, -0.1) is 13.2 Å². The first-order chi connectivity index (χ1) is 8.42. The average Bonchev–Trinajstić information content (AvgIpc) is 2.11. The SMILES string of the molecule is O=[N+]([O-])c1cc(S(=O)(=O)Cl)c(F)cc1OC(F)(F)F. The molecule has 0 aliphatic carbocycles. The van der Waals surface area contributed by atoms with Crippen LogP contribution < -0.4 is 4.74 Å². The number of nitro benzene ring substituents is 1. The van der Waals surface area contributed by atoms with Gasteiger partial charge in [0.2, 0.25) is 5.75 Å². The molecule has 106 valence electrons. The van der Waals surface area contributed by atoms with Crippen molar-refractivity contribution < 1.29 is 35.6 Å². The monoisotopic (exact) mass is 323 g/mol. The highest BCUT2D eigenvalue weighted by Crippen LogP contribution is 2.36. The molecule has 19 heavy (non-hydrogen) atoms. The molecule has 0 saturated carbocycles. The number of ether oxygens (including phenoxy) is 1. The van der Waals surface area contributed by atoms with Crippen LogP contribution in [0.2, 0.25) is 0 Å². The summed E-state index contributed by atoms with van der Waals surface area (Å²) in [7, 11) is 0.0785. The van der Waals surface area contributed by atoms with Gasteiger partial charge in [-0.05, 0) is 0 Å². The maximum Gasteiger partial charge on any atom is 0.573 e. The van der Waals surface area contributed by atoms with Crippen molar-refractivity contribution in [3.05, 3.63) is 28.1 Å². The molecule has 0 aliphatic heterocycles. The fourth-order valence-electron chi connectivity index (χ4n) is 1.06. The summed E-state index contributed by atoms with van der Waals surface area (Å²) in [6, 6.07) is -0.0420. The van der Waals surface area contributed by atoms with Crippen molar-refractivity contribution in [2.75, 3.05) is 0 Å². The van der Waals surface area contributed by atoms with Crippen molar-refractivity contribution in [3.63, 3.8) is 0 Å². The number of nitro groups is 1. The molecule has 0 bridgehead atoms. The van der Waals surface area contributed by atoms with Crippen LogP contribution in [0.4, 0.5) is 23.2 Å². The zero-order chi connectivity index (χ0) is 15.0. The summed E-state index contributed by atoms with van der Waals surface area (Å²) in [5.74, 6) is -3.20. The molecule has 0 fully saturated rings. The third kappa shape index (κ3) is 3.92. The first-order valence-electron chi connectivity index (χ1n) is 4.10. The van der Waals surface area contributed by atoms with Gasteiger partial charge in [0.25, 0.3) is 9.05 Å². The Balaban J connectivity index is 3.51. The van der Waals surface area contributed by atoms with Crippen LogP contribution in [0.1, 0.15) is 0 Å². The topological polar surface area (TPSA) is 86.5 Å². The number of alkyl halides is 3. The standard InChI is InChI=1S/C7H2ClF4NO5S/c8-19(16,17)6-2-4(13(14)15)5(1-3(6)9)18-7(10,11)12/h1-2H. The molecule has 0 aliphatic rings. The number of halogens is 5. The van der Waals surface area contributed by atoms with Crippen molar-refractivity contribution in [2.24, 2.45) is 0 Å². The number of benzene rings is 1. The summed E-state index contributed by atoms with van der Waals surface area (Å²) in [4.78, 5) is 7.80. The highest BCUT2D eigenvalue weighted by atomic mass is 35.7. The number of hydrogen-bond donors (Lipinski definition) is 0. The third-order valence-corrected chi connectivity index (χ3v) is 3.04. The molecule has 1 aromatic rings. The van der Waals surface area contributed by atoms with E-state index in [1.165, 1.54) is 0 Å². The van der Waals surface area contributed by atoms with Crippen LogP contribution >= 0.6 is 10.7 Å². The molecule has 0 saturated heterocycles. The van der Waals surface area contributed by atoms with Crippen molar-refractivity contribution in [1.82, 2.24) is 0 Å². The van der Waals surface area contributed by atoms with Gasteiger partial charge in [-0.3, -0.25) is 10.1 Å². The fourth-order valence-corrected chi connectivity index (χ4v) is 1.96. The van der Waals surface area contributed by atoms with Gasteiger partial charge >= 0.3 is 12.0 Å². The first-order valence-corrected chi connectivity index (χ1v) is 6.41. The summed E-state index contributed by atoms with van der Waals surface area (Å²) in [6.07, 6.45) is -5.31. The van der Waals surface area contributed by atoms with Gasteiger partial charge in [0.15, 0.2) is 0 Å². The number of hydrogen-bond acceptors (Lipinski definition) is 5. The predicted octanol–water partition coefficient (Wildman–Crippen LogP) is 2.56. The van der Waals surface area contributed by atoms with E-state index in [-0.39, 0.29) is 12.1 Å². The molecule has 0 atom stereocenters. The Morgan fingerprint density at radius 1 is 1.32 bits per heavy atom. The van der Waals surface area contributed by atoms with Gasteiger partial charge in [0, 0.05) is 22.8 Å². The zero-order valence-electron chi connectivity index (χ0n) is 8.44.